The molecule has 2 aromatic carbocycles. The van der Waals surface area contributed by atoms with Crippen LogP contribution in [0, 0.1) is 11.8 Å². The summed E-state index contributed by atoms with van der Waals surface area (Å²) in [6, 6.07) is 18.1. The number of ether oxygens (including phenoxy) is 1. The number of rotatable bonds is 6. The number of nitrogens with zero attached hydrogens (tertiary/aromatic N) is 3. The Kier molecular flexibility index (Phi) is 5.78. The van der Waals surface area contributed by atoms with E-state index in [4.69, 9.17) is 20.4 Å². The van der Waals surface area contributed by atoms with Gasteiger partial charge in [0.15, 0.2) is 0 Å². The molecule has 2 aliphatic carbocycles. The second-order valence-corrected chi connectivity index (χ2v) is 10.5. The lowest BCUT2D eigenvalue weighted by Gasteiger charge is -2.30. The molecule has 3 atom stereocenters. The number of hydrogen-bond donors (Lipinski definition) is 2. The van der Waals surface area contributed by atoms with Crippen LogP contribution in [0.4, 0.5) is 5.82 Å². The first-order chi connectivity index (χ1) is 18.0. The lowest BCUT2D eigenvalue weighted by molar-refractivity contribution is -0.117. The lowest BCUT2D eigenvalue weighted by Crippen LogP contribution is -2.37. The van der Waals surface area contributed by atoms with E-state index in [1.54, 1.807) is 6.33 Å². The average molecular weight is 494 g/mol. The number of para-hydroxylation sites is 1. The van der Waals surface area contributed by atoms with E-state index in [-0.39, 0.29) is 23.4 Å². The summed E-state index contributed by atoms with van der Waals surface area (Å²) < 4.78 is 5.97. The third kappa shape index (κ3) is 4.08. The molecule has 3 aromatic rings. The summed E-state index contributed by atoms with van der Waals surface area (Å²) in [6.07, 6.45) is 6.99. The van der Waals surface area contributed by atoms with Gasteiger partial charge in [0, 0.05) is 17.0 Å². The standard InChI is InChI=1S/C30H31N5O2/c1-3-23(36)34-20-13-9-18(10-14-20)25-28-30(25,2)27-24(29(31)33-17-32-27)26(35-28)19-11-15-22(16-12-19)37-21-7-5-4-6-8-21/h3-8,11-12,15-18,20,25,28H,1,9-10,13-14H2,2H3,(H,34,36)(H2,31,32,33). The average Bonchev–Trinajstić information content (AvgIpc) is 3.55. The van der Waals surface area contributed by atoms with Crippen LogP contribution in [0.25, 0.3) is 0 Å². The quantitative estimate of drug-likeness (QED) is 0.480. The number of aliphatic imine (C=N–C) groups is 1. The fourth-order valence-electron chi connectivity index (χ4n) is 6.43. The summed E-state index contributed by atoms with van der Waals surface area (Å²) >= 11 is 0. The molecule has 0 radical (unpaired) electrons. The minimum Gasteiger partial charge on any atom is -0.457 e. The second-order valence-electron chi connectivity index (χ2n) is 10.5. The Hall–Kier alpha value is -4.00. The maximum Gasteiger partial charge on any atom is 0.243 e. The number of nitrogen functional groups attached to an aromatic ring is 1. The SMILES string of the molecule is C=CC(=O)NC1CCC(C2C3N=C(c4ccc(Oc5ccccc5)cc4)c4c(N)ncnc4C32C)CC1. The van der Waals surface area contributed by atoms with Gasteiger partial charge < -0.3 is 15.8 Å². The molecule has 3 unspecified atom stereocenters. The highest BCUT2D eigenvalue weighted by molar-refractivity contribution is 6.17. The van der Waals surface area contributed by atoms with Crippen LogP contribution in [-0.2, 0) is 10.2 Å². The molecule has 1 aromatic heterocycles. The molecule has 188 valence electrons. The lowest BCUT2D eigenvalue weighted by atomic mass is 9.79. The number of carbonyl (C=O) groups excluding carboxylic acids is 1. The zero-order valence-electron chi connectivity index (χ0n) is 20.9. The third-order valence-electron chi connectivity index (χ3n) is 8.35. The molecular formula is C30H31N5O2. The summed E-state index contributed by atoms with van der Waals surface area (Å²) in [5, 5.41) is 3.06. The molecule has 3 aliphatic rings. The van der Waals surface area contributed by atoms with Crippen LogP contribution in [0.1, 0.15) is 49.4 Å². The monoisotopic (exact) mass is 493 g/mol. The molecule has 2 saturated carbocycles. The predicted molar refractivity (Wildman–Crippen MR) is 144 cm³/mol. The maximum absolute atomic E-state index is 11.7. The predicted octanol–water partition coefficient (Wildman–Crippen LogP) is 4.82. The third-order valence-corrected chi connectivity index (χ3v) is 8.35. The summed E-state index contributed by atoms with van der Waals surface area (Å²) in [5.74, 6) is 2.86. The number of anilines is 1. The Labute approximate surface area is 216 Å². The van der Waals surface area contributed by atoms with E-state index in [0.29, 0.717) is 17.7 Å². The maximum atomic E-state index is 11.7. The number of nitrogens with one attached hydrogen (secondary N) is 1. The summed E-state index contributed by atoms with van der Waals surface area (Å²) in [6.45, 7) is 5.84. The number of benzene rings is 2. The Morgan fingerprint density at radius 1 is 1.05 bits per heavy atom. The van der Waals surface area contributed by atoms with Crippen LogP contribution in [0.3, 0.4) is 0 Å². The molecule has 37 heavy (non-hydrogen) atoms. The fraction of sp³-hybridized carbons (Fsp3) is 0.333. The van der Waals surface area contributed by atoms with Crippen molar-refractivity contribution in [1.29, 1.82) is 0 Å². The van der Waals surface area contributed by atoms with Crippen molar-refractivity contribution in [2.24, 2.45) is 16.8 Å². The second kappa shape index (κ2) is 9.14. The van der Waals surface area contributed by atoms with Crippen molar-refractivity contribution < 1.29 is 9.53 Å². The zero-order chi connectivity index (χ0) is 25.6. The van der Waals surface area contributed by atoms with Crippen LogP contribution >= 0.6 is 0 Å². The van der Waals surface area contributed by atoms with Crippen LogP contribution in [0.5, 0.6) is 11.5 Å². The summed E-state index contributed by atoms with van der Waals surface area (Å²) in [7, 11) is 0. The molecule has 7 heteroatoms. The normalized spacial score (nSPS) is 27.8. The van der Waals surface area contributed by atoms with Gasteiger partial charge in [-0.2, -0.15) is 0 Å². The molecule has 0 bridgehead atoms. The van der Waals surface area contributed by atoms with Crippen LogP contribution in [0.2, 0.25) is 0 Å². The van der Waals surface area contributed by atoms with Gasteiger partial charge in [-0.3, -0.25) is 9.79 Å². The van der Waals surface area contributed by atoms with E-state index in [2.05, 4.69) is 23.8 Å². The molecule has 0 saturated heterocycles. The van der Waals surface area contributed by atoms with Crippen molar-refractivity contribution in [2.75, 3.05) is 5.73 Å². The highest BCUT2D eigenvalue weighted by Crippen LogP contribution is 2.64. The van der Waals surface area contributed by atoms with E-state index in [1.807, 2.05) is 54.6 Å². The Bertz CT molecular complexity index is 1360. The van der Waals surface area contributed by atoms with E-state index in [1.165, 1.54) is 6.08 Å². The van der Waals surface area contributed by atoms with Gasteiger partial charge >= 0.3 is 0 Å². The van der Waals surface area contributed by atoms with Crippen LogP contribution in [0.15, 0.2) is 78.6 Å². The van der Waals surface area contributed by atoms with E-state index in [9.17, 15) is 4.79 Å². The van der Waals surface area contributed by atoms with E-state index in [0.717, 1.165) is 59.7 Å². The van der Waals surface area contributed by atoms with Crippen molar-refractivity contribution in [1.82, 2.24) is 15.3 Å². The number of aromatic nitrogens is 2. The molecule has 7 nitrogen and oxygen atoms in total. The number of amides is 1. The summed E-state index contributed by atoms with van der Waals surface area (Å²) in [4.78, 5) is 26.1. The van der Waals surface area contributed by atoms with E-state index >= 15 is 0 Å². The molecular weight excluding hydrogens is 462 g/mol. The van der Waals surface area contributed by atoms with Gasteiger partial charge in [-0.25, -0.2) is 9.97 Å². The minimum atomic E-state index is -0.145. The van der Waals surface area contributed by atoms with Crippen molar-refractivity contribution >= 4 is 17.4 Å². The molecule has 2 heterocycles. The van der Waals surface area contributed by atoms with Crippen molar-refractivity contribution in [3.8, 4) is 11.5 Å². The fourth-order valence-corrected chi connectivity index (χ4v) is 6.43. The molecule has 1 amide bonds. The van der Waals surface area contributed by atoms with Gasteiger partial charge in [0.2, 0.25) is 5.91 Å². The van der Waals surface area contributed by atoms with Crippen molar-refractivity contribution in [2.45, 2.75) is 50.1 Å². The van der Waals surface area contributed by atoms with E-state index < -0.39 is 0 Å². The molecule has 2 fully saturated rings. The highest BCUT2D eigenvalue weighted by atomic mass is 16.5. The molecule has 6 rings (SSSR count). The van der Waals surface area contributed by atoms with Gasteiger partial charge in [-0.05, 0) is 80.0 Å². The smallest absolute Gasteiger partial charge is 0.243 e. The number of nitrogens with two attached hydrogens (primary N) is 1. The van der Waals surface area contributed by atoms with Crippen LogP contribution < -0.4 is 15.8 Å². The van der Waals surface area contributed by atoms with Gasteiger partial charge in [0.05, 0.1) is 23.0 Å². The van der Waals surface area contributed by atoms with Gasteiger partial charge in [-0.15, -0.1) is 0 Å². The first kappa shape index (κ1) is 23.4. The highest BCUT2D eigenvalue weighted by Gasteiger charge is 2.68. The van der Waals surface area contributed by atoms with Gasteiger partial charge in [0.25, 0.3) is 0 Å². The summed E-state index contributed by atoms with van der Waals surface area (Å²) in [5.41, 5.74) is 9.99. The number of hydrogen-bond acceptors (Lipinski definition) is 6. The first-order valence-corrected chi connectivity index (χ1v) is 12.9. The molecule has 1 aliphatic heterocycles. The van der Waals surface area contributed by atoms with Crippen molar-refractivity contribution in [3.05, 3.63) is 90.4 Å². The largest absolute Gasteiger partial charge is 0.457 e. The Morgan fingerprint density at radius 3 is 2.46 bits per heavy atom. The van der Waals surface area contributed by atoms with Gasteiger partial charge in [-0.1, -0.05) is 31.7 Å². The number of fused-ring (bicyclic) bond motifs is 3. The molecule has 3 N–H and O–H groups in total. The van der Waals surface area contributed by atoms with Crippen molar-refractivity contribution in [3.63, 3.8) is 0 Å². The zero-order valence-corrected chi connectivity index (χ0v) is 20.9. The number of carbonyl (C=O) groups is 1. The van der Waals surface area contributed by atoms with Crippen LogP contribution in [-0.4, -0.2) is 33.7 Å². The molecule has 0 spiro atoms. The minimum absolute atomic E-state index is 0.0916. The Balaban J connectivity index is 1.26. The van der Waals surface area contributed by atoms with Gasteiger partial charge in [0.1, 0.15) is 23.6 Å². The first-order valence-electron chi connectivity index (χ1n) is 12.9. The topological polar surface area (TPSA) is 102 Å². The Morgan fingerprint density at radius 2 is 1.76 bits per heavy atom.